The molecule has 3 atom stereocenters. The lowest BCUT2D eigenvalue weighted by atomic mass is 10.0. The van der Waals surface area contributed by atoms with E-state index in [-0.39, 0.29) is 63.6 Å². The molecule has 6 N–H and O–H groups in total. The zero-order valence-corrected chi connectivity index (χ0v) is 52.7. The van der Waals surface area contributed by atoms with Crippen LogP contribution in [-0.2, 0) is 58.4 Å². The van der Waals surface area contributed by atoms with E-state index in [1.54, 1.807) is 65.8 Å². The zero-order chi connectivity index (χ0) is 61.0. The van der Waals surface area contributed by atoms with Crippen molar-refractivity contribution in [1.29, 1.82) is 0 Å². The lowest BCUT2D eigenvalue weighted by Gasteiger charge is -2.32. The van der Waals surface area contributed by atoms with E-state index in [2.05, 4.69) is 26.6 Å². The fourth-order valence-electron chi connectivity index (χ4n) is 8.66. The summed E-state index contributed by atoms with van der Waals surface area (Å²) < 4.78 is 41.3. The number of unbranched alkanes of at least 4 members (excludes halogenated alkanes) is 17. The minimum absolute atomic E-state index is 0.00804. The van der Waals surface area contributed by atoms with Gasteiger partial charge in [0.05, 0.1) is 17.4 Å². The average Bonchev–Trinajstić information content (AvgIpc) is 3.33. The van der Waals surface area contributed by atoms with Crippen LogP contribution >= 0.6 is 7.60 Å². The summed E-state index contributed by atoms with van der Waals surface area (Å²) in [7, 11) is -3.16. The fraction of sp³-hybridized carbons (Fsp3) is 0.787. The van der Waals surface area contributed by atoms with Crippen molar-refractivity contribution < 1.29 is 66.5 Å². The normalized spacial score (nSPS) is 13.3. The lowest BCUT2D eigenvalue weighted by molar-refractivity contribution is -0.159. The SMILES string of the molecule is CC(C)(C)OC(=O)N[C@@H](CCCCNC(=O)CC[C@H](NC(=O)CCCCCCCCCCCCCCCCCCP(=O)(OC(C)(C)C)OC(C)(C)C)C(=O)OC(C)(C)C)C(=O)NCCCC[C@H](NC(=O)OCc1ccccc1)C(=O)O. The quantitative estimate of drug-likeness (QED) is 0.0154. The fourth-order valence-corrected chi connectivity index (χ4v) is 11.2. The molecule has 5 amide bonds. The predicted octanol–water partition coefficient (Wildman–Crippen LogP) is 12.9. The maximum atomic E-state index is 13.4. The minimum atomic E-state index is -3.16. The first-order valence-electron chi connectivity index (χ1n) is 30.1. The van der Waals surface area contributed by atoms with Crippen LogP contribution in [-0.4, -0.2) is 107 Å². The van der Waals surface area contributed by atoms with E-state index < -0.39 is 78.2 Å². The Balaban J connectivity index is 2.40. The second-order valence-electron chi connectivity index (χ2n) is 25.3. The van der Waals surface area contributed by atoms with Gasteiger partial charge in [0.1, 0.15) is 35.9 Å². The Hall–Kier alpha value is -4.74. The highest BCUT2D eigenvalue weighted by Gasteiger charge is 2.35. The van der Waals surface area contributed by atoms with Gasteiger partial charge < -0.3 is 54.9 Å². The highest BCUT2D eigenvalue weighted by Crippen LogP contribution is 2.55. The molecule has 1 aromatic carbocycles. The van der Waals surface area contributed by atoms with E-state index in [1.165, 1.54) is 57.8 Å². The van der Waals surface area contributed by atoms with Crippen LogP contribution in [0.4, 0.5) is 9.59 Å². The first-order valence-corrected chi connectivity index (χ1v) is 31.8. The lowest BCUT2D eigenvalue weighted by Crippen LogP contribution is -2.48. The molecule has 0 heterocycles. The number of carbonyl (C=O) groups excluding carboxylic acids is 6. The number of rotatable bonds is 42. The van der Waals surface area contributed by atoms with Crippen LogP contribution in [0.25, 0.3) is 0 Å². The molecule has 0 radical (unpaired) electrons. The number of nitrogens with one attached hydrogen (secondary N) is 5. The van der Waals surface area contributed by atoms with E-state index in [4.69, 9.17) is 23.3 Å². The van der Waals surface area contributed by atoms with Crippen molar-refractivity contribution in [2.24, 2.45) is 0 Å². The van der Waals surface area contributed by atoms with Gasteiger partial charge in [-0.25, -0.2) is 19.2 Å². The molecule has 0 aliphatic heterocycles. The number of carboxylic acids is 1. The highest BCUT2D eigenvalue weighted by atomic mass is 31.2. The van der Waals surface area contributed by atoms with Crippen LogP contribution in [0.5, 0.6) is 0 Å². The van der Waals surface area contributed by atoms with Gasteiger partial charge in [-0.3, -0.25) is 18.9 Å². The Morgan fingerprint density at radius 3 is 1.41 bits per heavy atom. The van der Waals surface area contributed by atoms with Crippen LogP contribution in [0.1, 0.15) is 249 Å². The number of carboxylic acid groups (broad SMARTS) is 1. The smallest absolute Gasteiger partial charge is 0.408 e. The van der Waals surface area contributed by atoms with Gasteiger partial charge in [0.2, 0.25) is 17.7 Å². The van der Waals surface area contributed by atoms with Gasteiger partial charge in [-0.15, -0.1) is 0 Å². The van der Waals surface area contributed by atoms with Crippen LogP contribution in [0, 0.1) is 0 Å². The Kier molecular flexibility index (Phi) is 36.4. The van der Waals surface area contributed by atoms with Gasteiger partial charge in [0.25, 0.3) is 0 Å². The molecule has 0 saturated heterocycles. The van der Waals surface area contributed by atoms with Gasteiger partial charge >= 0.3 is 31.7 Å². The van der Waals surface area contributed by atoms with Crippen molar-refractivity contribution in [3.05, 3.63) is 35.9 Å². The molecule has 0 bridgehead atoms. The van der Waals surface area contributed by atoms with Gasteiger partial charge in [-0.1, -0.05) is 120 Å². The third-order valence-corrected chi connectivity index (χ3v) is 14.9. The Morgan fingerprint density at radius 2 is 0.926 bits per heavy atom. The van der Waals surface area contributed by atoms with Gasteiger partial charge in [-0.05, 0) is 146 Å². The summed E-state index contributed by atoms with van der Waals surface area (Å²) in [6.45, 7) is 22.3. The van der Waals surface area contributed by atoms with Crippen molar-refractivity contribution in [1.82, 2.24) is 26.6 Å². The number of ether oxygens (including phenoxy) is 3. The standard InChI is InChI=1S/C61H108N5O14P/c1-58(2,3)77-55(72)50(64-52(68)40-30-25-23-21-19-17-15-13-14-16-18-20-22-24-26-35-45-81(75,79-60(7,8)9)80-61(10,11)12)41-42-51(67)62-43-33-31-38-48(65-57(74)78-59(4,5)6)53(69)63-44-34-32-39-49(54(70)71)66-56(73)76-46-47-36-28-27-29-37-47/h27-29,36-37,48-50H,13-26,30-35,38-46H2,1-12H3,(H,62,67)(H,63,69)(H,64,68)(H,65,74)(H,66,73)(H,70,71)/t48-,49-,50-/m0/s1. The third-order valence-electron chi connectivity index (χ3n) is 12.4. The number of alkyl carbamates (subject to hydrolysis) is 2. The average molecular weight is 1170 g/mol. The summed E-state index contributed by atoms with van der Waals surface area (Å²) in [6, 6.07) is 5.85. The molecule has 0 saturated carbocycles. The van der Waals surface area contributed by atoms with E-state index in [0.717, 1.165) is 44.1 Å². The zero-order valence-electron chi connectivity index (χ0n) is 51.8. The van der Waals surface area contributed by atoms with Crippen molar-refractivity contribution in [3.8, 4) is 0 Å². The van der Waals surface area contributed by atoms with Crippen LogP contribution in [0.2, 0.25) is 0 Å². The Bertz CT molecular complexity index is 2010. The molecule has 20 heteroatoms. The molecule has 0 aliphatic rings. The second-order valence-corrected chi connectivity index (χ2v) is 27.3. The maximum Gasteiger partial charge on any atom is 0.408 e. The maximum absolute atomic E-state index is 13.4. The number of hydrogen-bond donors (Lipinski definition) is 6. The summed E-state index contributed by atoms with van der Waals surface area (Å²) >= 11 is 0. The summed E-state index contributed by atoms with van der Waals surface area (Å²) in [5.41, 5.74) is -1.87. The molecule has 0 fully saturated rings. The van der Waals surface area contributed by atoms with Crippen molar-refractivity contribution in [2.45, 2.75) is 291 Å². The largest absolute Gasteiger partial charge is 0.480 e. The van der Waals surface area contributed by atoms with E-state index >= 15 is 0 Å². The van der Waals surface area contributed by atoms with Gasteiger partial charge in [0, 0.05) is 25.9 Å². The third kappa shape index (κ3) is 42.7. The highest BCUT2D eigenvalue weighted by molar-refractivity contribution is 7.53. The van der Waals surface area contributed by atoms with E-state index in [9.17, 15) is 43.2 Å². The molecular formula is C61H108N5O14P. The molecule has 1 rings (SSSR count). The van der Waals surface area contributed by atoms with Crippen molar-refractivity contribution in [3.63, 3.8) is 0 Å². The molecule has 466 valence electrons. The topological polar surface area (TPSA) is 263 Å². The number of benzene rings is 1. The van der Waals surface area contributed by atoms with Crippen LogP contribution in [0.3, 0.4) is 0 Å². The molecule has 0 aromatic heterocycles. The summed E-state index contributed by atoms with van der Waals surface area (Å²) in [5, 5.41) is 23.1. The summed E-state index contributed by atoms with van der Waals surface area (Å²) in [5.74, 6) is -2.85. The number of amides is 5. The molecule has 81 heavy (non-hydrogen) atoms. The number of hydrogen-bond acceptors (Lipinski definition) is 13. The van der Waals surface area contributed by atoms with Crippen LogP contribution < -0.4 is 26.6 Å². The first kappa shape index (κ1) is 74.3. The molecule has 0 aliphatic carbocycles. The second kappa shape index (κ2) is 39.7. The Labute approximate surface area is 486 Å². The van der Waals surface area contributed by atoms with E-state index in [1.807, 2.05) is 47.6 Å². The van der Waals surface area contributed by atoms with E-state index in [0.29, 0.717) is 38.3 Å². The number of aliphatic carboxylic acids is 1. The Morgan fingerprint density at radius 1 is 0.469 bits per heavy atom. The number of esters is 1. The van der Waals surface area contributed by atoms with Crippen molar-refractivity contribution >= 4 is 49.4 Å². The molecule has 19 nitrogen and oxygen atoms in total. The summed E-state index contributed by atoms with van der Waals surface area (Å²) in [4.78, 5) is 89.1. The van der Waals surface area contributed by atoms with Crippen LogP contribution in [0.15, 0.2) is 30.3 Å². The van der Waals surface area contributed by atoms with Gasteiger partial charge in [-0.2, -0.15) is 0 Å². The predicted molar refractivity (Wildman–Crippen MR) is 318 cm³/mol. The monoisotopic (exact) mass is 1170 g/mol. The van der Waals surface area contributed by atoms with Crippen molar-refractivity contribution in [2.75, 3.05) is 19.3 Å². The summed E-state index contributed by atoms with van der Waals surface area (Å²) in [6.07, 6.45) is 19.0. The molecular weight excluding hydrogens is 1060 g/mol. The molecule has 1 aromatic rings. The first-order chi connectivity index (χ1) is 37.9. The van der Waals surface area contributed by atoms with Gasteiger partial charge in [0.15, 0.2) is 0 Å². The molecule has 0 unspecified atom stereocenters. The number of carbonyl (C=O) groups is 7. The molecule has 0 spiro atoms. The minimum Gasteiger partial charge on any atom is -0.480 e.